The second-order valence-electron chi connectivity index (χ2n) is 6.73. The van der Waals surface area contributed by atoms with Gasteiger partial charge in [-0.3, -0.25) is 0 Å². The van der Waals surface area contributed by atoms with E-state index < -0.39 is 30.8 Å². The Morgan fingerprint density at radius 1 is 1.00 bits per heavy atom. The van der Waals surface area contributed by atoms with Crippen molar-refractivity contribution in [3.8, 4) is 11.1 Å². The summed E-state index contributed by atoms with van der Waals surface area (Å²) in [4.78, 5) is 23.5. The number of aliphatic hydroxyl groups excluding tert-OH is 2. The van der Waals surface area contributed by atoms with Crippen LogP contribution in [0.3, 0.4) is 0 Å². The Hall–Kier alpha value is -2.94. The second-order valence-corrected chi connectivity index (χ2v) is 6.73. The second kappa shape index (κ2) is 9.51. The molecular weight excluding hydrogens is 378 g/mol. The highest BCUT2D eigenvalue weighted by Gasteiger charge is 2.29. The van der Waals surface area contributed by atoms with Crippen LogP contribution in [0.15, 0.2) is 48.5 Å². The molecular formula is C21H23NO7. The Morgan fingerprint density at radius 2 is 1.59 bits per heavy atom. The van der Waals surface area contributed by atoms with Crippen molar-refractivity contribution in [2.45, 2.75) is 18.1 Å². The SMILES string of the molecule is O=C(N[C@@H](COCC(O)CO)C(=O)O)OCC1c2ccccc2-c2ccccc21. The molecule has 0 bridgehead atoms. The summed E-state index contributed by atoms with van der Waals surface area (Å²) in [6, 6.07) is 14.4. The van der Waals surface area contributed by atoms with Crippen molar-refractivity contribution in [3.63, 3.8) is 0 Å². The number of nitrogens with one attached hydrogen (secondary N) is 1. The van der Waals surface area contributed by atoms with Gasteiger partial charge >= 0.3 is 12.1 Å². The topological polar surface area (TPSA) is 125 Å². The first kappa shape index (κ1) is 20.8. The van der Waals surface area contributed by atoms with Crippen molar-refractivity contribution in [2.75, 3.05) is 26.4 Å². The average Bonchev–Trinajstić information content (AvgIpc) is 3.05. The van der Waals surface area contributed by atoms with Gasteiger partial charge in [-0.05, 0) is 22.3 Å². The number of carbonyl (C=O) groups is 2. The van der Waals surface area contributed by atoms with Gasteiger partial charge in [0.05, 0.1) is 19.8 Å². The van der Waals surface area contributed by atoms with E-state index in [0.717, 1.165) is 22.3 Å². The molecule has 0 aromatic heterocycles. The Balaban J connectivity index is 1.59. The molecule has 0 radical (unpaired) electrons. The van der Waals surface area contributed by atoms with Crippen molar-refractivity contribution in [1.29, 1.82) is 0 Å². The third-order valence-electron chi connectivity index (χ3n) is 4.74. The highest BCUT2D eigenvalue weighted by molar-refractivity contribution is 5.81. The molecule has 2 aromatic rings. The van der Waals surface area contributed by atoms with Crippen LogP contribution < -0.4 is 5.32 Å². The summed E-state index contributed by atoms with van der Waals surface area (Å²) < 4.78 is 10.3. The average molecular weight is 401 g/mol. The van der Waals surface area contributed by atoms with Gasteiger partial charge < -0.3 is 30.1 Å². The van der Waals surface area contributed by atoms with Crippen LogP contribution in [0.4, 0.5) is 4.79 Å². The first-order valence-electron chi connectivity index (χ1n) is 9.22. The minimum Gasteiger partial charge on any atom is -0.480 e. The van der Waals surface area contributed by atoms with Crippen LogP contribution in [0.1, 0.15) is 17.0 Å². The van der Waals surface area contributed by atoms with Crippen LogP contribution in [0, 0.1) is 0 Å². The molecule has 0 fully saturated rings. The molecule has 0 heterocycles. The molecule has 8 heteroatoms. The Kier molecular flexibility index (Phi) is 6.82. The smallest absolute Gasteiger partial charge is 0.407 e. The van der Waals surface area contributed by atoms with Gasteiger partial charge in [-0.1, -0.05) is 48.5 Å². The molecule has 1 aliphatic rings. The lowest BCUT2D eigenvalue weighted by molar-refractivity contribution is -0.141. The first-order chi connectivity index (χ1) is 14.0. The predicted octanol–water partition coefficient (Wildman–Crippen LogP) is 1.35. The molecule has 2 atom stereocenters. The highest BCUT2D eigenvalue weighted by atomic mass is 16.6. The van der Waals surface area contributed by atoms with E-state index >= 15 is 0 Å². The van der Waals surface area contributed by atoms with Gasteiger partial charge in [-0.2, -0.15) is 0 Å². The van der Waals surface area contributed by atoms with Crippen LogP contribution in [0.25, 0.3) is 11.1 Å². The van der Waals surface area contributed by atoms with E-state index in [1.165, 1.54) is 0 Å². The summed E-state index contributed by atoms with van der Waals surface area (Å²) in [7, 11) is 0. The van der Waals surface area contributed by atoms with Gasteiger partial charge in [-0.25, -0.2) is 9.59 Å². The van der Waals surface area contributed by atoms with Crippen LogP contribution in [0.2, 0.25) is 0 Å². The van der Waals surface area contributed by atoms with E-state index in [1.807, 2.05) is 48.5 Å². The molecule has 2 aromatic carbocycles. The number of hydrogen-bond donors (Lipinski definition) is 4. The van der Waals surface area contributed by atoms with E-state index in [-0.39, 0.29) is 25.7 Å². The summed E-state index contributed by atoms with van der Waals surface area (Å²) in [6.07, 6.45) is -1.98. The summed E-state index contributed by atoms with van der Waals surface area (Å²) in [6.45, 7) is -1.04. The predicted molar refractivity (Wildman–Crippen MR) is 104 cm³/mol. The minimum absolute atomic E-state index is 0.0658. The van der Waals surface area contributed by atoms with Gasteiger partial charge in [-0.15, -0.1) is 0 Å². The van der Waals surface area contributed by atoms with Gasteiger partial charge in [0.1, 0.15) is 12.7 Å². The van der Waals surface area contributed by atoms with Crippen LogP contribution in [-0.4, -0.2) is 66.0 Å². The quantitative estimate of drug-likeness (QED) is 0.500. The Morgan fingerprint density at radius 3 is 2.14 bits per heavy atom. The lowest BCUT2D eigenvalue weighted by Gasteiger charge is -2.18. The third kappa shape index (κ3) is 4.92. The van der Waals surface area contributed by atoms with E-state index in [0.29, 0.717) is 0 Å². The number of benzene rings is 2. The fourth-order valence-electron chi connectivity index (χ4n) is 3.33. The number of rotatable bonds is 9. The number of fused-ring (bicyclic) bond motifs is 3. The molecule has 0 saturated heterocycles. The van der Waals surface area contributed by atoms with Crippen molar-refractivity contribution in [1.82, 2.24) is 5.32 Å². The first-order valence-corrected chi connectivity index (χ1v) is 9.22. The Bertz CT molecular complexity index is 824. The highest BCUT2D eigenvalue weighted by Crippen LogP contribution is 2.44. The van der Waals surface area contributed by atoms with E-state index in [9.17, 15) is 19.8 Å². The summed E-state index contributed by atoms with van der Waals surface area (Å²) in [5.74, 6) is -1.43. The molecule has 4 N–H and O–H groups in total. The zero-order valence-corrected chi connectivity index (χ0v) is 15.7. The molecule has 8 nitrogen and oxygen atoms in total. The molecule has 1 unspecified atom stereocenters. The maximum absolute atomic E-state index is 12.2. The molecule has 3 rings (SSSR count). The van der Waals surface area contributed by atoms with Gasteiger partial charge in [0.25, 0.3) is 0 Å². The van der Waals surface area contributed by atoms with Gasteiger partial charge in [0, 0.05) is 5.92 Å². The third-order valence-corrected chi connectivity index (χ3v) is 4.74. The van der Waals surface area contributed by atoms with E-state index in [4.69, 9.17) is 14.6 Å². The number of hydrogen-bond acceptors (Lipinski definition) is 6. The van der Waals surface area contributed by atoms with Crippen molar-refractivity contribution in [3.05, 3.63) is 59.7 Å². The number of aliphatic carboxylic acids is 1. The minimum atomic E-state index is -1.34. The van der Waals surface area contributed by atoms with Crippen molar-refractivity contribution >= 4 is 12.1 Å². The molecule has 29 heavy (non-hydrogen) atoms. The zero-order valence-electron chi connectivity index (χ0n) is 15.7. The molecule has 1 aliphatic carbocycles. The molecule has 0 aliphatic heterocycles. The molecule has 154 valence electrons. The maximum atomic E-state index is 12.2. The summed E-state index contributed by atoms with van der Waals surface area (Å²) in [5.41, 5.74) is 4.29. The van der Waals surface area contributed by atoms with Crippen molar-refractivity contribution < 1.29 is 34.4 Å². The van der Waals surface area contributed by atoms with Gasteiger partial charge in [0.2, 0.25) is 0 Å². The Labute approximate surface area is 167 Å². The normalized spacial score (nSPS) is 14.6. The lowest BCUT2D eigenvalue weighted by Crippen LogP contribution is -2.45. The number of carboxylic acids is 1. The van der Waals surface area contributed by atoms with Gasteiger partial charge in [0.15, 0.2) is 6.04 Å². The molecule has 0 saturated carbocycles. The standard InChI is InChI=1S/C21H23NO7/c23-9-13(24)10-28-12-19(20(25)26)22-21(27)29-11-18-16-7-3-1-5-14(16)15-6-2-4-8-17(15)18/h1-8,13,18-19,23-24H,9-12H2,(H,22,27)(H,25,26)/t13?,19-/m0/s1. The van der Waals surface area contributed by atoms with Crippen molar-refractivity contribution in [2.24, 2.45) is 0 Å². The zero-order chi connectivity index (χ0) is 20.8. The van der Waals surface area contributed by atoms with Crippen LogP contribution >= 0.6 is 0 Å². The summed E-state index contributed by atoms with van der Waals surface area (Å²) in [5, 5.41) is 29.4. The maximum Gasteiger partial charge on any atom is 0.407 e. The van der Waals surface area contributed by atoms with Crippen LogP contribution in [-0.2, 0) is 14.3 Å². The number of ether oxygens (including phenoxy) is 2. The number of alkyl carbamates (subject to hydrolysis) is 1. The molecule has 0 spiro atoms. The van der Waals surface area contributed by atoms with Crippen LogP contribution in [0.5, 0.6) is 0 Å². The largest absolute Gasteiger partial charge is 0.480 e. The summed E-state index contributed by atoms with van der Waals surface area (Å²) >= 11 is 0. The number of aliphatic hydroxyl groups is 2. The number of carboxylic acid groups (broad SMARTS) is 1. The lowest BCUT2D eigenvalue weighted by atomic mass is 9.98. The monoisotopic (exact) mass is 401 g/mol. The van der Waals surface area contributed by atoms with E-state index in [2.05, 4.69) is 5.32 Å². The fraction of sp³-hybridized carbons (Fsp3) is 0.333. The van der Waals surface area contributed by atoms with E-state index in [1.54, 1.807) is 0 Å². The number of carbonyl (C=O) groups excluding carboxylic acids is 1. The number of amides is 1. The molecule has 1 amide bonds. The fourth-order valence-corrected chi connectivity index (χ4v) is 3.33.